The van der Waals surface area contributed by atoms with Crippen molar-refractivity contribution in [2.75, 3.05) is 23.7 Å². The van der Waals surface area contributed by atoms with E-state index in [2.05, 4.69) is 19.9 Å². The number of anilines is 2. The highest BCUT2D eigenvalue weighted by Crippen LogP contribution is 2.27. The first-order chi connectivity index (χ1) is 11.0. The molecule has 0 saturated carbocycles. The van der Waals surface area contributed by atoms with E-state index in [9.17, 15) is 4.79 Å². The minimum Gasteiger partial charge on any atom is -0.478 e. The first-order valence-electron chi connectivity index (χ1n) is 7.34. The molecular weight excluding hydrogens is 318 g/mol. The van der Waals surface area contributed by atoms with Crippen LogP contribution in [0.15, 0.2) is 18.2 Å². The van der Waals surface area contributed by atoms with E-state index in [-0.39, 0.29) is 16.7 Å². The Morgan fingerprint density at radius 2 is 1.91 bits per heavy atom. The Labute approximate surface area is 138 Å². The highest BCUT2D eigenvalue weighted by Gasteiger charge is 2.18. The van der Waals surface area contributed by atoms with Gasteiger partial charge in [0.25, 0.3) is 0 Å². The number of benzene rings is 1. The smallest absolute Gasteiger partial charge is 0.335 e. The molecule has 0 aliphatic carbocycles. The topological polar surface area (TPSA) is 105 Å². The summed E-state index contributed by atoms with van der Waals surface area (Å²) in [5.41, 5.74) is 6.89. The summed E-state index contributed by atoms with van der Waals surface area (Å²) in [5.74, 6) is -0.256. The number of carbonyl (C=O) groups is 1. The zero-order valence-electron chi connectivity index (χ0n) is 12.4. The van der Waals surface area contributed by atoms with Gasteiger partial charge in [0.15, 0.2) is 5.82 Å². The molecule has 1 saturated heterocycles. The number of halogens is 1. The molecular formula is C15H16ClN5O2. The molecule has 0 amide bonds. The number of nitrogens with two attached hydrogens (primary N) is 1. The van der Waals surface area contributed by atoms with E-state index in [0.29, 0.717) is 17.2 Å². The number of aromatic nitrogens is 3. The highest BCUT2D eigenvalue weighted by molar-refractivity contribution is 6.28. The number of hydrogen-bond donors (Lipinski definition) is 2. The summed E-state index contributed by atoms with van der Waals surface area (Å²) < 4.78 is 0. The monoisotopic (exact) mass is 333 g/mol. The maximum Gasteiger partial charge on any atom is 0.335 e. The predicted molar refractivity (Wildman–Crippen MR) is 87.7 cm³/mol. The lowest BCUT2D eigenvalue weighted by Gasteiger charge is -2.26. The van der Waals surface area contributed by atoms with Crippen LogP contribution in [-0.2, 0) is 0 Å². The summed E-state index contributed by atoms with van der Waals surface area (Å²) >= 11 is 6.03. The summed E-state index contributed by atoms with van der Waals surface area (Å²) in [6, 6.07) is 4.41. The Morgan fingerprint density at radius 3 is 2.61 bits per heavy atom. The van der Waals surface area contributed by atoms with Crippen LogP contribution in [0.2, 0.25) is 5.28 Å². The molecule has 0 spiro atoms. The second-order valence-corrected chi connectivity index (χ2v) is 5.72. The first kappa shape index (κ1) is 15.5. The quantitative estimate of drug-likeness (QED) is 0.831. The third kappa shape index (κ3) is 3.34. The molecule has 2 heterocycles. The van der Waals surface area contributed by atoms with E-state index >= 15 is 0 Å². The second kappa shape index (κ2) is 6.37. The van der Waals surface area contributed by atoms with Crippen molar-refractivity contribution >= 4 is 29.2 Å². The molecule has 0 radical (unpaired) electrons. The van der Waals surface area contributed by atoms with Gasteiger partial charge in [-0.1, -0.05) is 0 Å². The van der Waals surface area contributed by atoms with Crippen molar-refractivity contribution in [2.45, 2.75) is 19.3 Å². The van der Waals surface area contributed by atoms with Crippen LogP contribution in [0.3, 0.4) is 0 Å². The number of nitrogen functional groups attached to an aromatic ring is 1. The average Bonchev–Trinajstić information content (AvgIpc) is 2.55. The summed E-state index contributed by atoms with van der Waals surface area (Å²) in [7, 11) is 0. The van der Waals surface area contributed by atoms with Crippen LogP contribution in [0.5, 0.6) is 0 Å². The lowest BCUT2D eigenvalue weighted by molar-refractivity contribution is 0.0697. The van der Waals surface area contributed by atoms with Crippen LogP contribution in [0.25, 0.3) is 11.4 Å². The van der Waals surface area contributed by atoms with Gasteiger partial charge in [0, 0.05) is 24.3 Å². The molecule has 1 fully saturated rings. The predicted octanol–water partition coefficient (Wildman–Crippen LogP) is 2.46. The lowest BCUT2D eigenvalue weighted by Crippen LogP contribution is -2.31. The van der Waals surface area contributed by atoms with Crippen molar-refractivity contribution in [3.63, 3.8) is 0 Å². The standard InChI is InChI=1S/C15H16ClN5O2/c16-14-18-12(10-8-9(13(22)23)4-5-11(10)17)19-15(20-14)21-6-2-1-3-7-21/h4-5,8H,1-3,6-7,17H2,(H,22,23). The molecule has 1 aromatic heterocycles. The van der Waals surface area contributed by atoms with Crippen LogP contribution < -0.4 is 10.6 Å². The Hall–Kier alpha value is -2.41. The molecule has 3 N–H and O–H groups in total. The van der Waals surface area contributed by atoms with Crippen molar-refractivity contribution < 1.29 is 9.90 Å². The third-order valence-corrected chi connectivity index (χ3v) is 3.95. The van der Waals surface area contributed by atoms with Crippen LogP contribution in [-0.4, -0.2) is 39.1 Å². The highest BCUT2D eigenvalue weighted by atomic mass is 35.5. The molecule has 1 aliphatic heterocycles. The number of carboxylic acids is 1. The molecule has 7 nitrogen and oxygen atoms in total. The molecule has 23 heavy (non-hydrogen) atoms. The minimum absolute atomic E-state index is 0.0655. The zero-order valence-corrected chi connectivity index (χ0v) is 13.1. The lowest BCUT2D eigenvalue weighted by atomic mass is 10.1. The number of piperidine rings is 1. The van der Waals surface area contributed by atoms with E-state index in [1.165, 1.54) is 24.6 Å². The fraction of sp³-hybridized carbons (Fsp3) is 0.333. The summed E-state index contributed by atoms with van der Waals surface area (Å²) in [6.07, 6.45) is 3.35. The van der Waals surface area contributed by atoms with Gasteiger partial charge >= 0.3 is 5.97 Å². The van der Waals surface area contributed by atoms with Crippen molar-refractivity contribution in [2.24, 2.45) is 0 Å². The molecule has 0 bridgehead atoms. The second-order valence-electron chi connectivity index (χ2n) is 5.38. The minimum atomic E-state index is -1.04. The van der Waals surface area contributed by atoms with Crippen LogP contribution in [0.1, 0.15) is 29.6 Å². The Balaban J connectivity index is 2.04. The Bertz CT molecular complexity index is 747. The van der Waals surface area contributed by atoms with E-state index in [0.717, 1.165) is 25.9 Å². The normalized spacial score (nSPS) is 14.7. The van der Waals surface area contributed by atoms with Gasteiger partial charge in [-0.15, -0.1) is 0 Å². The summed E-state index contributed by atoms with van der Waals surface area (Å²) in [5, 5.41) is 9.20. The van der Waals surface area contributed by atoms with Crippen molar-refractivity contribution in [3.05, 3.63) is 29.0 Å². The maximum absolute atomic E-state index is 11.1. The van der Waals surface area contributed by atoms with E-state index in [4.69, 9.17) is 22.4 Å². The number of carboxylic acid groups (broad SMARTS) is 1. The Kier molecular flexibility index (Phi) is 4.29. The Morgan fingerprint density at radius 1 is 1.17 bits per heavy atom. The molecule has 0 atom stereocenters. The third-order valence-electron chi connectivity index (χ3n) is 3.78. The molecule has 1 aromatic carbocycles. The van der Waals surface area contributed by atoms with Gasteiger partial charge in [0.1, 0.15) is 0 Å². The number of rotatable bonds is 3. The number of hydrogen-bond acceptors (Lipinski definition) is 6. The molecule has 3 rings (SSSR count). The van der Waals surface area contributed by atoms with Gasteiger partial charge in [-0.2, -0.15) is 15.0 Å². The number of aromatic carboxylic acids is 1. The first-order valence-corrected chi connectivity index (χ1v) is 7.72. The SMILES string of the molecule is Nc1ccc(C(=O)O)cc1-c1nc(Cl)nc(N2CCCCC2)n1. The van der Waals surface area contributed by atoms with Gasteiger partial charge in [0.2, 0.25) is 11.2 Å². The molecule has 1 aliphatic rings. The summed E-state index contributed by atoms with van der Waals surface area (Å²) in [4.78, 5) is 25.9. The zero-order chi connectivity index (χ0) is 16.4. The van der Waals surface area contributed by atoms with Gasteiger partial charge < -0.3 is 15.7 Å². The molecule has 8 heteroatoms. The average molecular weight is 334 g/mol. The molecule has 2 aromatic rings. The van der Waals surface area contributed by atoms with Crippen LogP contribution >= 0.6 is 11.6 Å². The fourth-order valence-electron chi connectivity index (χ4n) is 2.58. The summed E-state index contributed by atoms with van der Waals surface area (Å²) in [6.45, 7) is 1.73. The molecule has 120 valence electrons. The molecule has 0 unspecified atom stereocenters. The maximum atomic E-state index is 11.1. The number of nitrogens with zero attached hydrogens (tertiary/aromatic N) is 4. The van der Waals surface area contributed by atoms with Gasteiger partial charge in [-0.25, -0.2) is 4.79 Å². The van der Waals surface area contributed by atoms with Gasteiger partial charge in [0.05, 0.1) is 5.56 Å². The van der Waals surface area contributed by atoms with Crippen molar-refractivity contribution in [1.29, 1.82) is 0 Å². The van der Waals surface area contributed by atoms with Crippen molar-refractivity contribution in [1.82, 2.24) is 15.0 Å². The van der Waals surface area contributed by atoms with Crippen LogP contribution in [0, 0.1) is 0 Å². The largest absolute Gasteiger partial charge is 0.478 e. The van der Waals surface area contributed by atoms with Crippen LogP contribution in [0.4, 0.5) is 11.6 Å². The van der Waals surface area contributed by atoms with Gasteiger partial charge in [-0.3, -0.25) is 0 Å². The van der Waals surface area contributed by atoms with Gasteiger partial charge in [-0.05, 0) is 49.1 Å². The fourth-order valence-corrected chi connectivity index (χ4v) is 2.73. The van der Waals surface area contributed by atoms with Crippen molar-refractivity contribution in [3.8, 4) is 11.4 Å². The van der Waals surface area contributed by atoms with E-state index in [1.54, 1.807) is 0 Å². The van der Waals surface area contributed by atoms with E-state index in [1.807, 2.05) is 0 Å². The van der Waals surface area contributed by atoms with E-state index < -0.39 is 5.97 Å².